The van der Waals surface area contributed by atoms with Crippen molar-refractivity contribution in [3.8, 4) is 11.4 Å². The second-order valence-electron chi connectivity index (χ2n) is 4.33. The molecule has 3 nitrogen and oxygen atoms in total. The van der Waals surface area contributed by atoms with Crippen LogP contribution in [-0.2, 0) is 0 Å². The molecule has 0 aliphatic carbocycles. The van der Waals surface area contributed by atoms with Crippen LogP contribution in [0.15, 0.2) is 48.8 Å². The number of nitrogens with one attached hydrogen (secondary N) is 1. The van der Waals surface area contributed by atoms with Crippen molar-refractivity contribution in [2.45, 2.75) is 6.42 Å². The highest BCUT2D eigenvalue weighted by atomic mass is 35.5. The first-order valence-corrected chi connectivity index (χ1v) is 6.21. The minimum Gasteiger partial charge on any atom is -0.313 e. The van der Waals surface area contributed by atoms with E-state index in [1.54, 1.807) is 12.4 Å². The number of rotatable bonds is 2. The maximum atomic E-state index is 4.26. The van der Waals surface area contributed by atoms with Crippen LogP contribution >= 0.6 is 12.4 Å². The van der Waals surface area contributed by atoms with Gasteiger partial charge >= 0.3 is 0 Å². The predicted molar refractivity (Wildman–Crippen MR) is 80.2 cm³/mol. The fourth-order valence-electron chi connectivity index (χ4n) is 2.17. The van der Waals surface area contributed by atoms with Gasteiger partial charge in [-0.25, -0.2) is 9.97 Å². The quantitative estimate of drug-likeness (QED) is 0.914. The van der Waals surface area contributed by atoms with Crippen molar-refractivity contribution in [3.05, 3.63) is 54.4 Å². The van der Waals surface area contributed by atoms with Gasteiger partial charge in [0.25, 0.3) is 0 Å². The van der Waals surface area contributed by atoms with Gasteiger partial charge < -0.3 is 5.32 Å². The Balaban J connectivity index is 0.00000133. The second-order valence-corrected chi connectivity index (χ2v) is 4.33. The maximum absolute atomic E-state index is 4.26. The maximum Gasteiger partial charge on any atom is 0.159 e. The third kappa shape index (κ3) is 3.19. The normalized spacial score (nSPS) is 14.4. The molecule has 0 fully saturated rings. The van der Waals surface area contributed by atoms with E-state index < -0.39 is 0 Å². The van der Waals surface area contributed by atoms with Crippen molar-refractivity contribution < 1.29 is 0 Å². The van der Waals surface area contributed by atoms with E-state index in [1.165, 1.54) is 11.1 Å². The van der Waals surface area contributed by atoms with E-state index in [0.717, 1.165) is 30.9 Å². The Labute approximate surface area is 119 Å². The number of nitrogens with zero attached hydrogens (tertiary/aromatic N) is 2. The van der Waals surface area contributed by atoms with Crippen LogP contribution in [0.2, 0.25) is 0 Å². The third-order valence-corrected chi connectivity index (χ3v) is 3.14. The number of hydrogen-bond donors (Lipinski definition) is 1. The van der Waals surface area contributed by atoms with Gasteiger partial charge in [0.15, 0.2) is 5.82 Å². The summed E-state index contributed by atoms with van der Waals surface area (Å²) in [5, 5.41) is 3.33. The van der Waals surface area contributed by atoms with Crippen molar-refractivity contribution in [3.63, 3.8) is 0 Å². The molecule has 19 heavy (non-hydrogen) atoms. The summed E-state index contributed by atoms with van der Waals surface area (Å²) in [7, 11) is 0. The summed E-state index contributed by atoms with van der Waals surface area (Å²) in [6.07, 6.45) is 6.90. The molecule has 0 radical (unpaired) electrons. The minimum atomic E-state index is 0. The highest BCUT2D eigenvalue weighted by Crippen LogP contribution is 2.22. The van der Waals surface area contributed by atoms with Crippen LogP contribution in [0, 0.1) is 0 Å². The summed E-state index contributed by atoms with van der Waals surface area (Å²) < 4.78 is 0. The van der Waals surface area contributed by atoms with Crippen LogP contribution < -0.4 is 5.32 Å². The highest BCUT2D eigenvalue weighted by molar-refractivity contribution is 5.85. The Bertz CT molecular complexity index is 549. The molecule has 1 N–H and O–H groups in total. The van der Waals surface area contributed by atoms with Gasteiger partial charge in [0.2, 0.25) is 0 Å². The van der Waals surface area contributed by atoms with Gasteiger partial charge in [0.05, 0.1) is 0 Å². The Kier molecular flexibility index (Phi) is 4.66. The molecule has 2 heterocycles. The lowest BCUT2D eigenvalue weighted by atomic mass is 9.99. The average molecular weight is 274 g/mol. The molecule has 0 unspecified atom stereocenters. The van der Waals surface area contributed by atoms with E-state index in [9.17, 15) is 0 Å². The lowest BCUT2D eigenvalue weighted by molar-refractivity contribution is 0.738. The number of hydrogen-bond acceptors (Lipinski definition) is 3. The van der Waals surface area contributed by atoms with Crippen LogP contribution in [0.25, 0.3) is 17.0 Å². The van der Waals surface area contributed by atoms with Gasteiger partial charge in [0, 0.05) is 24.5 Å². The first-order chi connectivity index (χ1) is 8.93. The molecule has 0 saturated heterocycles. The van der Waals surface area contributed by atoms with E-state index in [4.69, 9.17) is 0 Å². The molecule has 1 aromatic heterocycles. The van der Waals surface area contributed by atoms with E-state index in [0.29, 0.717) is 0 Å². The molecule has 1 aromatic carbocycles. The lowest BCUT2D eigenvalue weighted by Gasteiger charge is -2.14. The Hall–Kier alpha value is -1.71. The molecular formula is C15H16ClN3. The molecule has 0 atom stereocenters. The summed E-state index contributed by atoms with van der Waals surface area (Å²) in [4.78, 5) is 8.51. The zero-order valence-corrected chi connectivity index (χ0v) is 11.4. The van der Waals surface area contributed by atoms with Gasteiger partial charge in [-0.15, -0.1) is 12.4 Å². The van der Waals surface area contributed by atoms with E-state index >= 15 is 0 Å². The van der Waals surface area contributed by atoms with Crippen LogP contribution in [0.5, 0.6) is 0 Å². The molecule has 0 spiro atoms. The molecule has 3 rings (SSSR count). The SMILES string of the molecule is C1=C(c2ccc(-c3ncccn3)cc2)CCNC1.Cl. The number of halogens is 1. The summed E-state index contributed by atoms with van der Waals surface area (Å²) in [6, 6.07) is 10.3. The topological polar surface area (TPSA) is 37.8 Å². The molecule has 4 heteroatoms. The molecule has 0 bridgehead atoms. The molecule has 2 aromatic rings. The summed E-state index contributed by atoms with van der Waals surface area (Å²) in [5.74, 6) is 0.781. The fraction of sp³-hybridized carbons (Fsp3) is 0.200. The average Bonchev–Trinajstić information content (AvgIpc) is 2.49. The Morgan fingerprint density at radius 3 is 2.26 bits per heavy atom. The van der Waals surface area contributed by atoms with Gasteiger partial charge in [-0.05, 0) is 30.2 Å². The summed E-state index contributed by atoms with van der Waals surface area (Å²) in [5.41, 5.74) is 3.79. The van der Waals surface area contributed by atoms with Crippen LogP contribution in [-0.4, -0.2) is 23.1 Å². The van der Waals surface area contributed by atoms with E-state index in [2.05, 4.69) is 45.6 Å². The van der Waals surface area contributed by atoms with E-state index in [-0.39, 0.29) is 12.4 Å². The zero-order chi connectivity index (χ0) is 12.2. The van der Waals surface area contributed by atoms with Gasteiger partial charge in [-0.3, -0.25) is 0 Å². The van der Waals surface area contributed by atoms with Crippen molar-refractivity contribution in [2.75, 3.05) is 13.1 Å². The largest absolute Gasteiger partial charge is 0.313 e. The van der Waals surface area contributed by atoms with Gasteiger partial charge in [0.1, 0.15) is 0 Å². The first kappa shape index (κ1) is 13.7. The van der Waals surface area contributed by atoms with Crippen LogP contribution in [0.1, 0.15) is 12.0 Å². The second kappa shape index (κ2) is 6.45. The molecular weight excluding hydrogens is 258 g/mol. The molecule has 1 aliphatic rings. The zero-order valence-electron chi connectivity index (χ0n) is 10.5. The molecule has 98 valence electrons. The van der Waals surface area contributed by atoms with Crippen molar-refractivity contribution in [1.82, 2.24) is 15.3 Å². The van der Waals surface area contributed by atoms with Crippen molar-refractivity contribution in [2.24, 2.45) is 0 Å². The summed E-state index contributed by atoms with van der Waals surface area (Å²) in [6.45, 7) is 2.04. The fourth-order valence-corrected chi connectivity index (χ4v) is 2.17. The predicted octanol–water partition coefficient (Wildman–Crippen LogP) is 2.94. The molecule has 0 saturated carbocycles. The van der Waals surface area contributed by atoms with Crippen molar-refractivity contribution >= 4 is 18.0 Å². The van der Waals surface area contributed by atoms with Crippen LogP contribution in [0.3, 0.4) is 0 Å². The number of benzene rings is 1. The van der Waals surface area contributed by atoms with Crippen molar-refractivity contribution in [1.29, 1.82) is 0 Å². The Morgan fingerprint density at radius 1 is 0.947 bits per heavy atom. The Morgan fingerprint density at radius 2 is 1.63 bits per heavy atom. The smallest absolute Gasteiger partial charge is 0.159 e. The lowest BCUT2D eigenvalue weighted by Crippen LogP contribution is -2.19. The van der Waals surface area contributed by atoms with Crippen LogP contribution in [0.4, 0.5) is 0 Å². The molecule has 0 amide bonds. The highest BCUT2D eigenvalue weighted by Gasteiger charge is 2.06. The third-order valence-electron chi connectivity index (χ3n) is 3.14. The monoisotopic (exact) mass is 273 g/mol. The minimum absolute atomic E-state index is 0. The molecule has 1 aliphatic heterocycles. The standard InChI is InChI=1S/C15H15N3.ClH/c1-8-17-15(18-9-1)14-4-2-12(3-5-14)13-6-10-16-11-7-13;/h1-6,8-9,16H,7,10-11H2;1H. The van der Waals surface area contributed by atoms with E-state index in [1.807, 2.05) is 6.07 Å². The first-order valence-electron chi connectivity index (χ1n) is 6.21. The summed E-state index contributed by atoms with van der Waals surface area (Å²) >= 11 is 0. The number of aromatic nitrogens is 2. The van der Waals surface area contributed by atoms with Gasteiger partial charge in [-0.1, -0.05) is 30.3 Å². The van der Waals surface area contributed by atoms with Gasteiger partial charge in [-0.2, -0.15) is 0 Å².